The van der Waals surface area contributed by atoms with Crippen LogP contribution in [-0.4, -0.2) is 29.5 Å². The van der Waals surface area contributed by atoms with Crippen molar-refractivity contribution < 1.29 is 9.53 Å². The normalized spacial score (nSPS) is 31.4. The highest BCUT2D eigenvalue weighted by Crippen LogP contribution is 2.42. The van der Waals surface area contributed by atoms with E-state index in [0.717, 1.165) is 37.2 Å². The highest BCUT2D eigenvalue weighted by Gasteiger charge is 2.42. The molecule has 0 saturated carbocycles. The number of hydrogen-bond acceptors (Lipinski definition) is 3. The molecule has 1 spiro atoms. The molecule has 0 bridgehead atoms. The second-order valence-electron chi connectivity index (χ2n) is 6.11. The van der Waals surface area contributed by atoms with Crippen molar-refractivity contribution in [3.63, 3.8) is 0 Å². The Hall–Kier alpha value is -0.800. The highest BCUT2D eigenvalue weighted by atomic mass is 32.2. The fraction of sp³-hybridized carbons (Fsp3) is 0.588. The van der Waals surface area contributed by atoms with Crippen molar-refractivity contribution in [2.24, 2.45) is 11.8 Å². The summed E-state index contributed by atoms with van der Waals surface area (Å²) >= 11 is 1.99. The number of Topliss-reactive ketones (excluding diaryl/α,β-unsaturated/α-hetero) is 1. The number of ether oxygens (including phenoxy) is 1. The first kappa shape index (κ1) is 14.2. The molecule has 2 saturated heterocycles. The summed E-state index contributed by atoms with van der Waals surface area (Å²) in [4.78, 5) is 12.6. The molecular weight excluding hydrogens is 268 g/mol. The van der Waals surface area contributed by atoms with Crippen LogP contribution in [0.3, 0.4) is 0 Å². The molecule has 0 aromatic heterocycles. The topological polar surface area (TPSA) is 26.3 Å². The van der Waals surface area contributed by atoms with E-state index >= 15 is 0 Å². The molecule has 0 radical (unpaired) electrons. The van der Waals surface area contributed by atoms with Gasteiger partial charge in [0.05, 0.1) is 5.60 Å². The fourth-order valence-corrected chi connectivity index (χ4v) is 4.81. The van der Waals surface area contributed by atoms with Gasteiger partial charge in [-0.2, -0.15) is 11.8 Å². The quantitative estimate of drug-likeness (QED) is 0.792. The van der Waals surface area contributed by atoms with E-state index in [0.29, 0.717) is 11.7 Å². The van der Waals surface area contributed by atoms with Crippen LogP contribution in [0.1, 0.15) is 36.5 Å². The van der Waals surface area contributed by atoms with Gasteiger partial charge in [-0.3, -0.25) is 4.79 Å². The number of ketones is 1. The maximum absolute atomic E-state index is 12.6. The monoisotopic (exact) mass is 290 g/mol. The Morgan fingerprint density at radius 2 is 2.20 bits per heavy atom. The van der Waals surface area contributed by atoms with Gasteiger partial charge in [0.2, 0.25) is 0 Å². The Morgan fingerprint density at radius 1 is 1.40 bits per heavy atom. The van der Waals surface area contributed by atoms with Gasteiger partial charge in [-0.25, -0.2) is 0 Å². The lowest BCUT2D eigenvalue weighted by molar-refractivity contribution is -0.0852. The van der Waals surface area contributed by atoms with Crippen LogP contribution in [-0.2, 0) is 4.74 Å². The van der Waals surface area contributed by atoms with Gasteiger partial charge in [0.1, 0.15) is 0 Å². The first-order valence-corrected chi connectivity index (χ1v) is 8.67. The Labute approximate surface area is 125 Å². The first-order chi connectivity index (χ1) is 9.70. The maximum atomic E-state index is 12.6. The average molecular weight is 290 g/mol. The van der Waals surface area contributed by atoms with Gasteiger partial charge in [0, 0.05) is 23.8 Å². The summed E-state index contributed by atoms with van der Waals surface area (Å²) in [5.41, 5.74) is 0.917. The molecule has 2 fully saturated rings. The summed E-state index contributed by atoms with van der Waals surface area (Å²) in [6, 6.07) is 9.71. The van der Waals surface area contributed by atoms with Crippen LogP contribution in [0.15, 0.2) is 30.3 Å². The zero-order valence-corrected chi connectivity index (χ0v) is 12.8. The van der Waals surface area contributed by atoms with E-state index in [4.69, 9.17) is 4.74 Å². The van der Waals surface area contributed by atoms with Gasteiger partial charge in [-0.15, -0.1) is 0 Å². The maximum Gasteiger partial charge on any atom is 0.165 e. The number of thioether (sulfide) groups is 1. The lowest BCUT2D eigenvalue weighted by Gasteiger charge is -2.39. The number of carbonyl (C=O) groups excluding carboxylic acids is 1. The molecule has 2 nitrogen and oxygen atoms in total. The van der Waals surface area contributed by atoms with E-state index < -0.39 is 0 Å². The largest absolute Gasteiger partial charge is 0.374 e. The van der Waals surface area contributed by atoms with Crippen LogP contribution < -0.4 is 0 Å². The molecule has 1 aromatic rings. The smallest absolute Gasteiger partial charge is 0.165 e. The van der Waals surface area contributed by atoms with Crippen LogP contribution in [0, 0.1) is 11.8 Å². The van der Waals surface area contributed by atoms with Gasteiger partial charge >= 0.3 is 0 Å². The van der Waals surface area contributed by atoms with Crippen molar-refractivity contribution in [1.82, 2.24) is 0 Å². The van der Waals surface area contributed by atoms with Crippen LogP contribution in [0.2, 0.25) is 0 Å². The van der Waals surface area contributed by atoms with Gasteiger partial charge in [-0.05, 0) is 30.9 Å². The number of rotatable bonds is 3. The molecule has 0 aliphatic carbocycles. The molecule has 1 aromatic carbocycles. The molecule has 108 valence electrons. The van der Waals surface area contributed by atoms with Crippen molar-refractivity contribution in [1.29, 1.82) is 0 Å². The van der Waals surface area contributed by atoms with Crippen LogP contribution >= 0.6 is 11.8 Å². The third-order valence-corrected chi connectivity index (χ3v) is 6.00. The fourth-order valence-electron chi connectivity index (χ4n) is 3.44. The summed E-state index contributed by atoms with van der Waals surface area (Å²) in [6.07, 6.45) is 3.23. The minimum Gasteiger partial charge on any atom is -0.374 e. The molecular formula is C17H22O2S. The molecule has 2 heterocycles. The van der Waals surface area contributed by atoms with Crippen molar-refractivity contribution in [2.45, 2.75) is 31.8 Å². The van der Waals surface area contributed by atoms with Gasteiger partial charge in [-0.1, -0.05) is 37.3 Å². The second kappa shape index (κ2) is 5.90. The van der Waals surface area contributed by atoms with Gasteiger partial charge in [0.15, 0.2) is 5.78 Å². The summed E-state index contributed by atoms with van der Waals surface area (Å²) in [7, 11) is 0. The van der Waals surface area contributed by atoms with E-state index in [1.165, 1.54) is 5.75 Å². The minimum atomic E-state index is 0.0683. The average Bonchev–Trinajstić information content (AvgIpc) is 2.94. The van der Waals surface area contributed by atoms with Gasteiger partial charge in [0.25, 0.3) is 0 Å². The third kappa shape index (κ3) is 2.79. The van der Waals surface area contributed by atoms with Gasteiger partial charge < -0.3 is 4.74 Å². The van der Waals surface area contributed by atoms with E-state index in [9.17, 15) is 4.79 Å². The lowest BCUT2D eigenvalue weighted by atomic mass is 9.76. The molecule has 0 N–H and O–H groups in total. The number of carbonyl (C=O) groups is 1. The summed E-state index contributed by atoms with van der Waals surface area (Å²) in [6.45, 7) is 2.92. The number of hydrogen-bond donors (Lipinski definition) is 0. The zero-order chi connectivity index (χ0) is 14.0. The lowest BCUT2D eigenvalue weighted by Crippen LogP contribution is -2.42. The Kier molecular flexibility index (Phi) is 4.18. The summed E-state index contributed by atoms with van der Waals surface area (Å²) in [5, 5.41) is 0. The van der Waals surface area contributed by atoms with E-state index in [-0.39, 0.29) is 11.5 Å². The van der Waals surface area contributed by atoms with Crippen LogP contribution in [0.4, 0.5) is 0 Å². The van der Waals surface area contributed by atoms with Crippen molar-refractivity contribution in [3.8, 4) is 0 Å². The zero-order valence-electron chi connectivity index (χ0n) is 12.0. The molecule has 3 rings (SSSR count). The highest BCUT2D eigenvalue weighted by molar-refractivity contribution is 7.99. The van der Waals surface area contributed by atoms with Crippen molar-refractivity contribution in [2.75, 3.05) is 18.1 Å². The minimum absolute atomic E-state index is 0.0683. The molecule has 3 atom stereocenters. The molecule has 3 unspecified atom stereocenters. The van der Waals surface area contributed by atoms with Crippen molar-refractivity contribution >= 4 is 17.5 Å². The van der Waals surface area contributed by atoms with E-state index in [1.807, 2.05) is 42.1 Å². The van der Waals surface area contributed by atoms with E-state index in [2.05, 4.69) is 6.92 Å². The predicted molar refractivity (Wildman–Crippen MR) is 83.3 cm³/mol. The van der Waals surface area contributed by atoms with Crippen molar-refractivity contribution in [3.05, 3.63) is 35.9 Å². The Balaban J connectivity index is 1.70. The third-order valence-electron chi connectivity index (χ3n) is 4.78. The Morgan fingerprint density at radius 3 is 2.90 bits per heavy atom. The van der Waals surface area contributed by atoms with Crippen LogP contribution in [0.25, 0.3) is 0 Å². The summed E-state index contributed by atoms with van der Waals surface area (Å²) < 4.78 is 6.06. The molecule has 0 amide bonds. The molecule has 3 heteroatoms. The molecule has 2 aliphatic heterocycles. The first-order valence-electron chi connectivity index (χ1n) is 7.51. The van der Waals surface area contributed by atoms with Crippen LogP contribution in [0.5, 0.6) is 0 Å². The SMILES string of the molecule is CC(C(=O)c1ccccc1)C1CCOC2(CCSC2)C1. The number of benzene rings is 1. The molecule has 2 aliphatic rings. The standard InChI is InChI=1S/C17H22O2S/c1-13(16(18)14-5-3-2-4-6-14)15-7-9-19-17(11-15)8-10-20-12-17/h2-6,13,15H,7-12H2,1H3. The Bertz CT molecular complexity index is 465. The predicted octanol–water partition coefficient (Wildman–Crippen LogP) is 3.81. The molecule has 20 heavy (non-hydrogen) atoms. The summed E-state index contributed by atoms with van der Waals surface area (Å²) in [5.74, 6) is 3.17. The van der Waals surface area contributed by atoms with E-state index in [1.54, 1.807) is 0 Å². The second-order valence-corrected chi connectivity index (χ2v) is 7.21.